The molecule has 0 amide bonds. The lowest BCUT2D eigenvalue weighted by atomic mass is 9.95. The van der Waals surface area contributed by atoms with Gasteiger partial charge in [0.15, 0.2) is 5.65 Å². The van der Waals surface area contributed by atoms with Gasteiger partial charge in [-0.2, -0.15) is 5.10 Å². The molecule has 5 heteroatoms. The maximum absolute atomic E-state index is 4.79. The predicted molar refractivity (Wildman–Crippen MR) is 85.1 cm³/mol. The van der Waals surface area contributed by atoms with Crippen molar-refractivity contribution in [3.05, 3.63) is 22.9 Å². The minimum Gasteiger partial charge on any atom is -0.353 e. The van der Waals surface area contributed by atoms with Crippen molar-refractivity contribution >= 4 is 27.4 Å². The summed E-state index contributed by atoms with van der Waals surface area (Å²) < 4.78 is 2.77. The van der Waals surface area contributed by atoms with Crippen LogP contribution in [0.25, 0.3) is 5.65 Å². The minimum atomic E-state index is 0.631. The molecular formula is C15H21BrN4. The van der Waals surface area contributed by atoms with E-state index in [4.69, 9.17) is 4.98 Å². The molecule has 2 atom stereocenters. The van der Waals surface area contributed by atoms with Gasteiger partial charge in [-0.15, -0.1) is 0 Å². The van der Waals surface area contributed by atoms with Crippen molar-refractivity contribution in [1.29, 1.82) is 0 Å². The lowest BCUT2D eigenvalue weighted by Crippen LogP contribution is -2.35. The highest BCUT2D eigenvalue weighted by molar-refractivity contribution is 9.10. The molecule has 0 N–H and O–H groups in total. The van der Waals surface area contributed by atoms with E-state index in [1.165, 1.54) is 25.7 Å². The first kappa shape index (κ1) is 13.9. The van der Waals surface area contributed by atoms with Gasteiger partial charge in [0, 0.05) is 18.8 Å². The molecule has 0 aromatic carbocycles. The Hall–Kier alpha value is -1.10. The van der Waals surface area contributed by atoms with Gasteiger partial charge in [-0.3, -0.25) is 0 Å². The maximum Gasteiger partial charge on any atom is 0.171 e. The van der Waals surface area contributed by atoms with Crippen LogP contribution in [0.1, 0.15) is 39.5 Å². The van der Waals surface area contributed by atoms with E-state index in [-0.39, 0.29) is 0 Å². The fourth-order valence-corrected chi connectivity index (χ4v) is 3.67. The molecule has 2 aromatic heterocycles. The molecule has 0 saturated carbocycles. The van der Waals surface area contributed by atoms with Gasteiger partial charge in [-0.05, 0) is 47.2 Å². The van der Waals surface area contributed by atoms with E-state index in [1.807, 2.05) is 10.7 Å². The van der Waals surface area contributed by atoms with E-state index in [1.54, 1.807) is 6.20 Å². The predicted octanol–water partition coefficient (Wildman–Crippen LogP) is 3.90. The highest BCUT2D eigenvalue weighted by Gasteiger charge is 2.29. The van der Waals surface area contributed by atoms with Gasteiger partial charge in [-0.1, -0.05) is 20.3 Å². The van der Waals surface area contributed by atoms with Crippen LogP contribution in [0.2, 0.25) is 0 Å². The van der Waals surface area contributed by atoms with E-state index in [0.29, 0.717) is 6.04 Å². The average Bonchev–Trinajstić information content (AvgIpc) is 3.06. The third-order valence-corrected chi connectivity index (χ3v) is 4.87. The molecule has 1 aliphatic rings. The number of anilines is 1. The third-order valence-electron chi connectivity index (χ3n) is 4.31. The number of rotatable bonds is 4. The normalized spacial score (nSPS) is 20.8. The van der Waals surface area contributed by atoms with Crippen LogP contribution in [-0.4, -0.2) is 27.2 Å². The second kappa shape index (κ2) is 5.72. The van der Waals surface area contributed by atoms with E-state index in [2.05, 4.69) is 45.8 Å². The van der Waals surface area contributed by atoms with Gasteiger partial charge in [0.25, 0.3) is 0 Å². The number of hydrogen-bond donors (Lipinski definition) is 0. The Kier molecular flexibility index (Phi) is 3.96. The lowest BCUT2D eigenvalue weighted by Gasteiger charge is -2.30. The quantitative estimate of drug-likeness (QED) is 0.848. The van der Waals surface area contributed by atoms with Crippen molar-refractivity contribution in [3.8, 4) is 0 Å². The van der Waals surface area contributed by atoms with Crippen LogP contribution in [0.5, 0.6) is 0 Å². The number of nitrogens with zero attached hydrogens (tertiary/aromatic N) is 4. The zero-order valence-electron chi connectivity index (χ0n) is 12.1. The Morgan fingerprint density at radius 2 is 2.35 bits per heavy atom. The first-order chi connectivity index (χ1) is 9.70. The van der Waals surface area contributed by atoms with Crippen LogP contribution in [-0.2, 0) is 0 Å². The van der Waals surface area contributed by atoms with Crippen molar-refractivity contribution in [3.63, 3.8) is 0 Å². The molecule has 0 bridgehead atoms. The van der Waals surface area contributed by atoms with Gasteiger partial charge in [0.1, 0.15) is 5.82 Å². The van der Waals surface area contributed by atoms with Gasteiger partial charge in [0.2, 0.25) is 0 Å². The monoisotopic (exact) mass is 336 g/mol. The Balaban J connectivity index is 1.90. The summed E-state index contributed by atoms with van der Waals surface area (Å²) in [5, 5.41) is 4.26. The fraction of sp³-hybridized carbons (Fsp3) is 0.600. The van der Waals surface area contributed by atoms with Crippen molar-refractivity contribution < 1.29 is 0 Å². The number of halogens is 1. The van der Waals surface area contributed by atoms with Crippen LogP contribution in [0.4, 0.5) is 5.82 Å². The first-order valence-electron chi connectivity index (χ1n) is 7.47. The smallest absolute Gasteiger partial charge is 0.171 e. The van der Waals surface area contributed by atoms with Crippen molar-refractivity contribution in [2.75, 3.05) is 11.4 Å². The summed E-state index contributed by atoms with van der Waals surface area (Å²) in [6.45, 7) is 5.76. The molecule has 2 unspecified atom stereocenters. The third kappa shape index (κ3) is 2.43. The molecule has 1 fully saturated rings. The van der Waals surface area contributed by atoms with Gasteiger partial charge >= 0.3 is 0 Å². The summed E-state index contributed by atoms with van der Waals surface area (Å²) in [7, 11) is 0. The van der Waals surface area contributed by atoms with Crippen molar-refractivity contribution in [2.45, 2.75) is 45.6 Å². The molecule has 108 valence electrons. The summed E-state index contributed by atoms with van der Waals surface area (Å²) >= 11 is 3.51. The maximum atomic E-state index is 4.79. The molecule has 2 aromatic rings. The minimum absolute atomic E-state index is 0.631. The second-order valence-electron chi connectivity index (χ2n) is 5.72. The Bertz CT molecular complexity index is 595. The molecule has 0 aliphatic carbocycles. The summed E-state index contributed by atoms with van der Waals surface area (Å²) in [5.74, 6) is 1.82. The van der Waals surface area contributed by atoms with Crippen LogP contribution < -0.4 is 4.90 Å². The zero-order valence-corrected chi connectivity index (χ0v) is 13.7. The molecular weight excluding hydrogens is 316 g/mol. The number of aromatic nitrogens is 3. The molecule has 0 spiro atoms. The van der Waals surface area contributed by atoms with Crippen molar-refractivity contribution in [1.82, 2.24) is 14.6 Å². The highest BCUT2D eigenvalue weighted by atomic mass is 79.9. The Labute approximate surface area is 128 Å². The van der Waals surface area contributed by atoms with Crippen LogP contribution >= 0.6 is 15.9 Å². The summed E-state index contributed by atoms with van der Waals surface area (Å²) in [6, 6.07) is 2.72. The van der Waals surface area contributed by atoms with E-state index in [0.717, 1.165) is 28.4 Å². The molecule has 3 heterocycles. The summed E-state index contributed by atoms with van der Waals surface area (Å²) in [6.07, 6.45) is 8.90. The van der Waals surface area contributed by atoms with Crippen molar-refractivity contribution in [2.24, 2.45) is 5.92 Å². The number of fused-ring (bicyclic) bond motifs is 1. The van der Waals surface area contributed by atoms with E-state index in [9.17, 15) is 0 Å². The van der Waals surface area contributed by atoms with Gasteiger partial charge in [0.05, 0.1) is 10.7 Å². The fourth-order valence-electron chi connectivity index (χ4n) is 3.31. The Morgan fingerprint density at radius 1 is 1.50 bits per heavy atom. The lowest BCUT2D eigenvalue weighted by molar-refractivity contribution is 0.420. The summed E-state index contributed by atoms with van der Waals surface area (Å²) in [5.41, 5.74) is 0.899. The van der Waals surface area contributed by atoms with Gasteiger partial charge < -0.3 is 4.90 Å². The molecule has 3 rings (SSSR count). The van der Waals surface area contributed by atoms with Crippen LogP contribution in [0.3, 0.4) is 0 Å². The molecule has 20 heavy (non-hydrogen) atoms. The molecule has 1 aliphatic heterocycles. The molecule has 1 saturated heterocycles. The Morgan fingerprint density at radius 3 is 3.15 bits per heavy atom. The molecule has 4 nitrogen and oxygen atoms in total. The second-order valence-corrected chi connectivity index (χ2v) is 6.57. The highest BCUT2D eigenvalue weighted by Crippen LogP contribution is 2.31. The van der Waals surface area contributed by atoms with Crippen LogP contribution in [0, 0.1) is 5.92 Å². The van der Waals surface area contributed by atoms with Crippen LogP contribution in [0.15, 0.2) is 22.9 Å². The first-order valence-corrected chi connectivity index (χ1v) is 8.26. The van der Waals surface area contributed by atoms with Gasteiger partial charge in [-0.25, -0.2) is 9.50 Å². The average molecular weight is 337 g/mol. The van der Waals surface area contributed by atoms with E-state index >= 15 is 0 Å². The molecule has 0 radical (unpaired) electrons. The van der Waals surface area contributed by atoms with E-state index < -0.39 is 0 Å². The SMILES string of the molecule is CCCC(C)C1CCCN1c1ccn2ncc(Br)c2n1. The standard InChI is InChI=1S/C15H21BrN4/c1-3-5-11(2)13-6-4-8-19(13)14-7-9-20-15(18-14)12(16)10-17-20/h7,9-11,13H,3-6,8H2,1-2H3. The zero-order chi connectivity index (χ0) is 14.1. The topological polar surface area (TPSA) is 33.4 Å². The summed E-state index contributed by atoms with van der Waals surface area (Å²) in [4.78, 5) is 7.27. The largest absolute Gasteiger partial charge is 0.353 e. The number of hydrogen-bond acceptors (Lipinski definition) is 3.